The molecule has 0 rings (SSSR count). The molecule has 0 saturated heterocycles. The summed E-state index contributed by atoms with van der Waals surface area (Å²) in [5.41, 5.74) is 5.42. The topological polar surface area (TPSA) is 49.6 Å². The molecule has 0 fully saturated rings. The molecule has 0 aliphatic heterocycles. The van der Waals surface area contributed by atoms with Crippen LogP contribution in [0.4, 0.5) is 4.79 Å². The van der Waals surface area contributed by atoms with Crippen LogP contribution in [0.2, 0.25) is 0 Å². The second-order valence-electron chi connectivity index (χ2n) is 3.18. The van der Waals surface area contributed by atoms with E-state index < -0.39 is 0 Å². The highest BCUT2D eigenvalue weighted by atomic mass is 32.1. The Bertz CT molecular complexity index is 208. The Labute approximate surface area is 91.0 Å². The SMILES string of the molecule is CCCN(CC(N)=S)C(=O)N(C)CC. The summed E-state index contributed by atoms with van der Waals surface area (Å²) in [6.07, 6.45) is 0.909. The van der Waals surface area contributed by atoms with Crippen molar-refractivity contribution in [2.75, 3.05) is 26.7 Å². The first kappa shape index (κ1) is 13.2. The van der Waals surface area contributed by atoms with E-state index in [0.717, 1.165) is 6.42 Å². The van der Waals surface area contributed by atoms with Crippen molar-refractivity contribution in [3.8, 4) is 0 Å². The minimum atomic E-state index is -0.0119. The molecule has 2 N–H and O–H groups in total. The molecule has 5 heteroatoms. The van der Waals surface area contributed by atoms with Gasteiger partial charge in [0, 0.05) is 20.1 Å². The van der Waals surface area contributed by atoms with Gasteiger partial charge in [-0.25, -0.2) is 4.79 Å². The van der Waals surface area contributed by atoms with Crippen molar-refractivity contribution in [1.29, 1.82) is 0 Å². The Morgan fingerprint density at radius 2 is 2.00 bits per heavy atom. The lowest BCUT2D eigenvalue weighted by molar-refractivity contribution is 0.171. The Kier molecular flexibility index (Phi) is 6.19. The lowest BCUT2D eigenvalue weighted by Gasteiger charge is -2.26. The van der Waals surface area contributed by atoms with E-state index in [1.807, 2.05) is 13.8 Å². The van der Waals surface area contributed by atoms with E-state index >= 15 is 0 Å². The van der Waals surface area contributed by atoms with Crippen LogP contribution in [0.1, 0.15) is 20.3 Å². The standard InChI is InChI=1S/C9H19N3OS/c1-4-6-12(7-8(10)14)9(13)11(3)5-2/h4-7H2,1-3H3,(H2,10,14). The molecule has 0 aromatic carbocycles. The van der Waals surface area contributed by atoms with E-state index in [-0.39, 0.29) is 6.03 Å². The van der Waals surface area contributed by atoms with Crippen molar-refractivity contribution in [1.82, 2.24) is 9.80 Å². The Hall–Kier alpha value is -0.840. The van der Waals surface area contributed by atoms with Gasteiger partial charge in [0.25, 0.3) is 0 Å². The molecule has 2 amide bonds. The van der Waals surface area contributed by atoms with Crippen LogP contribution >= 0.6 is 12.2 Å². The highest BCUT2D eigenvalue weighted by molar-refractivity contribution is 7.80. The van der Waals surface area contributed by atoms with Gasteiger partial charge in [0.2, 0.25) is 0 Å². The maximum atomic E-state index is 11.7. The van der Waals surface area contributed by atoms with Gasteiger partial charge in [-0.15, -0.1) is 0 Å². The van der Waals surface area contributed by atoms with Crippen LogP contribution in [0.5, 0.6) is 0 Å². The van der Waals surface area contributed by atoms with Crippen LogP contribution in [0.25, 0.3) is 0 Å². The maximum absolute atomic E-state index is 11.7. The monoisotopic (exact) mass is 217 g/mol. The fourth-order valence-corrected chi connectivity index (χ4v) is 1.23. The second kappa shape index (κ2) is 6.59. The molecular weight excluding hydrogens is 198 g/mol. The molecular formula is C9H19N3OS. The number of nitrogens with zero attached hydrogens (tertiary/aromatic N) is 2. The van der Waals surface area contributed by atoms with E-state index in [1.54, 1.807) is 16.8 Å². The molecule has 14 heavy (non-hydrogen) atoms. The largest absolute Gasteiger partial charge is 0.392 e. The van der Waals surface area contributed by atoms with Gasteiger partial charge in [-0.1, -0.05) is 19.1 Å². The molecule has 0 radical (unpaired) electrons. The highest BCUT2D eigenvalue weighted by Crippen LogP contribution is 1.98. The molecule has 0 unspecified atom stereocenters. The fraction of sp³-hybridized carbons (Fsp3) is 0.778. The Morgan fingerprint density at radius 1 is 1.43 bits per heavy atom. The molecule has 0 heterocycles. The van der Waals surface area contributed by atoms with Crippen molar-refractivity contribution in [3.63, 3.8) is 0 Å². The first-order chi connectivity index (χ1) is 6.52. The van der Waals surface area contributed by atoms with Crippen molar-refractivity contribution in [2.24, 2.45) is 5.73 Å². The van der Waals surface area contributed by atoms with Crippen LogP contribution in [0.15, 0.2) is 0 Å². The molecule has 0 aromatic heterocycles. The van der Waals surface area contributed by atoms with Crippen LogP contribution in [-0.2, 0) is 0 Å². The number of hydrogen-bond donors (Lipinski definition) is 1. The fourth-order valence-electron chi connectivity index (χ4n) is 1.08. The van der Waals surface area contributed by atoms with Gasteiger partial charge in [-0.05, 0) is 13.3 Å². The Morgan fingerprint density at radius 3 is 2.36 bits per heavy atom. The van der Waals surface area contributed by atoms with Gasteiger partial charge in [0.15, 0.2) is 0 Å². The van der Waals surface area contributed by atoms with Gasteiger partial charge in [-0.3, -0.25) is 0 Å². The number of amides is 2. The van der Waals surface area contributed by atoms with Crippen molar-refractivity contribution >= 4 is 23.2 Å². The third kappa shape index (κ3) is 4.41. The molecule has 0 aromatic rings. The van der Waals surface area contributed by atoms with E-state index in [0.29, 0.717) is 24.6 Å². The zero-order chi connectivity index (χ0) is 11.1. The second-order valence-corrected chi connectivity index (χ2v) is 3.71. The summed E-state index contributed by atoms with van der Waals surface area (Å²) in [4.78, 5) is 15.4. The maximum Gasteiger partial charge on any atom is 0.320 e. The minimum Gasteiger partial charge on any atom is -0.392 e. The predicted molar refractivity (Wildman–Crippen MR) is 62.3 cm³/mol. The normalized spacial score (nSPS) is 9.64. The average Bonchev–Trinajstić information content (AvgIpc) is 2.14. The average molecular weight is 217 g/mol. The zero-order valence-corrected chi connectivity index (χ0v) is 9.93. The van der Waals surface area contributed by atoms with Gasteiger partial charge < -0.3 is 15.5 Å². The summed E-state index contributed by atoms with van der Waals surface area (Å²) in [5, 5.41) is 0. The molecule has 0 aliphatic carbocycles. The van der Waals surface area contributed by atoms with Crippen LogP contribution in [0.3, 0.4) is 0 Å². The summed E-state index contributed by atoms with van der Waals surface area (Å²) in [6, 6.07) is -0.0119. The number of thiocarbonyl (C=S) groups is 1. The lowest BCUT2D eigenvalue weighted by atomic mass is 10.4. The third-order valence-corrected chi connectivity index (χ3v) is 2.04. The first-order valence-corrected chi connectivity index (χ1v) is 5.22. The van der Waals surface area contributed by atoms with Crippen molar-refractivity contribution in [3.05, 3.63) is 0 Å². The number of urea groups is 1. The summed E-state index contributed by atoms with van der Waals surface area (Å²) in [5.74, 6) is 0. The van der Waals surface area contributed by atoms with Crippen LogP contribution in [0, 0.1) is 0 Å². The summed E-state index contributed by atoms with van der Waals surface area (Å²) >= 11 is 4.79. The quantitative estimate of drug-likeness (QED) is 0.700. The number of carbonyl (C=O) groups is 1. The predicted octanol–water partition coefficient (Wildman–Crippen LogP) is 1.06. The summed E-state index contributed by atoms with van der Waals surface area (Å²) < 4.78 is 0. The summed E-state index contributed by atoms with van der Waals surface area (Å²) in [7, 11) is 1.77. The van der Waals surface area contributed by atoms with Crippen LogP contribution in [-0.4, -0.2) is 47.5 Å². The summed E-state index contributed by atoms with van der Waals surface area (Å²) in [6.45, 7) is 5.71. The number of rotatable bonds is 5. The van der Waals surface area contributed by atoms with E-state index in [9.17, 15) is 4.79 Å². The van der Waals surface area contributed by atoms with Gasteiger partial charge >= 0.3 is 6.03 Å². The third-order valence-electron chi connectivity index (χ3n) is 1.91. The van der Waals surface area contributed by atoms with E-state index in [2.05, 4.69) is 0 Å². The minimum absolute atomic E-state index is 0.0119. The number of hydrogen-bond acceptors (Lipinski definition) is 2. The number of nitrogens with two attached hydrogens (primary N) is 1. The molecule has 0 saturated carbocycles. The molecule has 0 aliphatic rings. The van der Waals surface area contributed by atoms with Crippen LogP contribution < -0.4 is 5.73 Å². The van der Waals surface area contributed by atoms with Crippen molar-refractivity contribution < 1.29 is 4.79 Å². The zero-order valence-electron chi connectivity index (χ0n) is 9.12. The van der Waals surface area contributed by atoms with Crippen molar-refractivity contribution in [2.45, 2.75) is 20.3 Å². The molecule has 82 valence electrons. The molecule has 4 nitrogen and oxygen atoms in total. The molecule has 0 spiro atoms. The number of carbonyl (C=O) groups excluding carboxylic acids is 1. The van der Waals surface area contributed by atoms with E-state index in [4.69, 9.17) is 18.0 Å². The van der Waals surface area contributed by atoms with Gasteiger partial charge in [0.05, 0.1) is 11.5 Å². The van der Waals surface area contributed by atoms with Gasteiger partial charge in [0.1, 0.15) is 0 Å². The van der Waals surface area contributed by atoms with E-state index in [1.165, 1.54) is 0 Å². The Balaban J connectivity index is 4.31. The smallest absolute Gasteiger partial charge is 0.320 e. The lowest BCUT2D eigenvalue weighted by Crippen LogP contribution is -2.44. The van der Waals surface area contributed by atoms with Gasteiger partial charge in [-0.2, -0.15) is 0 Å². The first-order valence-electron chi connectivity index (χ1n) is 4.81. The highest BCUT2D eigenvalue weighted by Gasteiger charge is 2.16. The molecule has 0 bridgehead atoms. The molecule has 0 atom stereocenters.